The summed E-state index contributed by atoms with van der Waals surface area (Å²) in [5.41, 5.74) is 2.48. The molecule has 0 aliphatic carbocycles. The van der Waals surface area contributed by atoms with Gasteiger partial charge in [-0.2, -0.15) is 0 Å². The quantitative estimate of drug-likeness (QED) is 0.377. The molecule has 0 saturated carbocycles. The number of halogens is 1. The molecule has 0 saturated heterocycles. The molecule has 0 aliphatic heterocycles. The van der Waals surface area contributed by atoms with Crippen LogP contribution in [0.15, 0.2) is 87.1 Å². The molecule has 4 aromatic rings. The minimum atomic E-state index is -0.0930. The molecular weight excluding hydrogens is 436 g/mol. The second-order valence-corrected chi connectivity index (χ2v) is 8.01. The van der Waals surface area contributed by atoms with Crippen LogP contribution in [0.5, 0.6) is 5.75 Å². The molecule has 2 aromatic heterocycles. The number of hydrogen-bond acceptors (Lipinski definition) is 4. The zero-order chi connectivity index (χ0) is 19.5. The van der Waals surface area contributed by atoms with Crippen LogP contribution in [0.2, 0.25) is 0 Å². The Kier molecular flexibility index (Phi) is 5.50. The molecular formula is C22H17BrN2O2S. The fourth-order valence-corrected chi connectivity index (χ4v) is 4.64. The number of para-hydroxylation sites is 1. The molecule has 0 unspecified atom stereocenters. The van der Waals surface area contributed by atoms with E-state index in [1.807, 2.05) is 60.7 Å². The maximum Gasteiger partial charge on any atom is 0.257 e. The van der Waals surface area contributed by atoms with Gasteiger partial charge in [-0.15, -0.1) is 11.8 Å². The van der Waals surface area contributed by atoms with Crippen LogP contribution < -0.4 is 10.3 Å². The van der Waals surface area contributed by atoms with Gasteiger partial charge in [0.1, 0.15) is 11.4 Å². The third-order valence-electron chi connectivity index (χ3n) is 4.39. The van der Waals surface area contributed by atoms with E-state index < -0.39 is 0 Å². The lowest BCUT2D eigenvalue weighted by atomic mass is 10.2. The third-order valence-corrected chi connectivity index (χ3v) is 6.27. The number of hydrogen-bond donors (Lipinski definition) is 0. The standard InChI is InChI=1S/C22H17BrN2O2S/c1-27-17-9-10-19(23)15(12-17)14-28-20-13-21(26)25(16-6-3-2-4-7-16)22-18(20)8-5-11-24-22/h2-13H,14H2,1H3. The molecule has 140 valence electrons. The second-order valence-electron chi connectivity index (χ2n) is 6.14. The van der Waals surface area contributed by atoms with Crippen LogP contribution in [0.1, 0.15) is 5.56 Å². The first-order valence-corrected chi connectivity index (χ1v) is 10.5. The van der Waals surface area contributed by atoms with Crippen molar-refractivity contribution in [1.29, 1.82) is 0 Å². The average molecular weight is 453 g/mol. The molecule has 0 bridgehead atoms. The second kappa shape index (κ2) is 8.20. The molecule has 4 rings (SSSR count). The Morgan fingerprint density at radius 3 is 2.68 bits per heavy atom. The summed E-state index contributed by atoms with van der Waals surface area (Å²) in [6.07, 6.45) is 1.72. The Bertz CT molecular complexity index is 1190. The summed E-state index contributed by atoms with van der Waals surface area (Å²) in [5.74, 6) is 1.51. The number of aromatic nitrogens is 2. The molecule has 4 nitrogen and oxygen atoms in total. The predicted octanol–water partition coefficient (Wildman–Crippen LogP) is 5.45. The first kappa shape index (κ1) is 18.8. The molecule has 0 aliphatic rings. The van der Waals surface area contributed by atoms with Crippen molar-refractivity contribution in [2.75, 3.05) is 7.11 Å². The van der Waals surface area contributed by atoms with E-state index in [1.54, 1.807) is 35.7 Å². The van der Waals surface area contributed by atoms with Gasteiger partial charge in [0.25, 0.3) is 5.56 Å². The SMILES string of the molecule is COc1ccc(Br)c(CSc2cc(=O)n(-c3ccccc3)c3ncccc23)c1. The Labute approximate surface area is 175 Å². The molecule has 2 aromatic carbocycles. The van der Waals surface area contributed by atoms with Crippen LogP contribution in [-0.2, 0) is 5.75 Å². The number of ether oxygens (including phenoxy) is 1. The zero-order valence-corrected chi connectivity index (χ0v) is 17.5. The van der Waals surface area contributed by atoms with Crippen molar-refractivity contribution in [3.8, 4) is 11.4 Å². The van der Waals surface area contributed by atoms with Crippen LogP contribution in [0.4, 0.5) is 0 Å². The molecule has 0 amide bonds. The van der Waals surface area contributed by atoms with Gasteiger partial charge in [-0.3, -0.25) is 9.36 Å². The first-order chi connectivity index (χ1) is 13.7. The van der Waals surface area contributed by atoms with E-state index >= 15 is 0 Å². The summed E-state index contributed by atoms with van der Waals surface area (Å²) in [6.45, 7) is 0. The van der Waals surface area contributed by atoms with E-state index in [0.29, 0.717) is 11.4 Å². The van der Waals surface area contributed by atoms with Gasteiger partial charge in [0, 0.05) is 32.8 Å². The molecule has 0 radical (unpaired) electrons. The molecule has 28 heavy (non-hydrogen) atoms. The Morgan fingerprint density at radius 2 is 1.89 bits per heavy atom. The average Bonchev–Trinajstić information content (AvgIpc) is 2.73. The van der Waals surface area contributed by atoms with E-state index in [2.05, 4.69) is 20.9 Å². The van der Waals surface area contributed by atoms with Gasteiger partial charge in [-0.25, -0.2) is 4.98 Å². The highest BCUT2D eigenvalue weighted by atomic mass is 79.9. The largest absolute Gasteiger partial charge is 0.497 e. The van der Waals surface area contributed by atoms with Gasteiger partial charge >= 0.3 is 0 Å². The van der Waals surface area contributed by atoms with E-state index in [-0.39, 0.29) is 5.56 Å². The van der Waals surface area contributed by atoms with Crippen molar-refractivity contribution in [3.05, 3.63) is 93.3 Å². The predicted molar refractivity (Wildman–Crippen MR) is 118 cm³/mol. The smallest absolute Gasteiger partial charge is 0.257 e. The van der Waals surface area contributed by atoms with Crippen LogP contribution in [0.3, 0.4) is 0 Å². The molecule has 0 fully saturated rings. The molecule has 0 atom stereocenters. The number of rotatable bonds is 5. The maximum absolute atomic E-state index is 12.9. The number of pyridine rings is 2. The summed E-state index contributed by atoms with van der Waals surface area (Å²) in [4.78, 5) is 18.3. The summed E-state index contributed by atoms with van der Waals surface area (Å²) in [5, 5.41) is 0.954. The highest BCUT2D eigenvalue weighted by Crippen LogP contribution is 2.32. The maximum atomic E-state index is 12.9. The van der Waals surface area contributed by atoms with Crippen molar-refractivity contribution < 1.29 is 4.74 Å². The number of benzene rings is 2. The van der Waals surface area contributed by atoms with Crippen LogP contribution in [-0.4, -0.2) is 16.7 Å². The van der Waals surface area contributed by atoms with E-state index in [1.165, 1.54) is 0 Å². The van der Waals surface area contributed by atoms with E-state index in [4.69, 9.17) is 4.74 Å². The summed E-state index contributed by atoms with van der Waals surface area (Å²) < 4.78 is 7.99. The fourth-order valence-electron chi connectivity index (χ4n) is 3.02. The van der Waals surface area contributed by atoms with Crippen molar-refractivity contribution in [3.63, 3.8) is 0 Å². The monoisotopic (exact) mass is 452 g/mol. The molecule has 0 spiro atoms. The Balaban J connectivity index is 1.76. The topological polar surface area (TPSA) is 44.1 Å². The van der Waals surface area contributed by atoms with Gasteiger partial charge < -0.3 is 4.74 Å². The number of fused-ring (bicyclic) bond motifs is 1. The molecule has 6 heteroatoms. The summed E-state index contributed by atoms with van der Waals surface area (Å²) >= 11 is 5.21. The van der Waals surface area contributed by atoms with Crippen LogP contribution in [0.25, 0.3) is 16.7 Å². The van der Waals surface area contributed by atoms with Gasteiger partial charge in [-0.1, -0.05) is 34.1 Å². The summed E-state index contributed by atoms with van der Waals surface area (Å²) in [7, 11) is 1.66. The lowest BCUT2D eigenvalue weighted by Crippen LogP contribution is -2.19. The number of methoxy groups -OCH3 is 1. The van der Waals surface area contributed by atoms with Crippen LogP contribution >= 0.6 is 27.7 Å². The lowest BCUT2D eigenvalue weighted by molar-refractivity contribution is 0.414. The highest BCUT2D eigenvalue weighted by Gasteiger charge is 2.12. The van der Waals surface area contributed by atoms with Gasteiger partial charge in [-0.05, 0) is 48.0 Å². The number of nitrogens with zero attached hydrogens (tertiary/aromatic N) is 2. The first-order valence-electron chi connectivity index (χ1n) is 8.69. The van der Waals surface area contributed by atoms with Crippen molar-refractivity contribution in [1.82, 2.24) is 9.55 Å². The number of thioether (sulfide) groups is 1. The Morgan fingerprint density at radius 1 is 1.07 bits per heavy atom. The van der Waals surface area contributed by atoms with Crippen LogP contribution in [0, 0.1) is 0 Å². The van der Waals surface area contributed by atoms with Gasteiger partial charge in [0.05, 0.1) is 12.8 Å². The van der Waals surface area contributed by atoms with Crippen molar-refractivity contribution in [2.24, 2.45) is 0 Å². The Hall–Kier alpha value is -2.57. The summed E-state index contributed by atoms with van der Waals surface area (Å²) in [6, 6.07) is 21.1. The van der Waals surface area contributed by atoms with Crippen molar-refractivity contribution in [2.45, 2.75) is 10.6 Å². The van der Waals surface area contributed by atoms with Crippen molar-refractivity contribution >= 4 is 38.7 Å². The van der Waals surface area contributed by atoms with Gasteiger partial charge in [0.2, 0.25) is 0 Å². The normalized spacial score (nSPS) is 10.9. The zero-order valence-electron chi connectivity index (χ0n) is 15.1. The van der Waals surface area contributed by atoms with E-state index in [0.717, 1.165) is 31.8 Å². The molecule has 2 heterocycles. The van der Waals surface area contributed by atoms with E-state index in [9.17, 15) is 4.79 Å². The molecule has 0 N–H and O–H groups in total. The third kappa shape index (κ3) is 3.70. The minimum Gasteiger partial charge on any atom is -0.497 e. The fraction of sp³-hybridized carbons (Fsp3) is 0.0909. The minimum absolute atomic E-state index is 0.0930. The van der Waals surface area contributed by atoms with Gasteiger partial charge in [0.15, 0.2) is 0 Å². The highest BCUT2D eigenvalue weighted by molar-refractivity contribution is 9.10. The lowest BCUT2D eigenvalue weighted by Gasteiger charge is -2.13.